The molecule has 0 radical (unpaired) electrons. The molecule has 3 amide bonds. The van der Waals surface area contributed by atoms with Gasteiger partial charge in [-0.25, -0.2) is 10.1 Å². The van der Waals surface area contributed by atoms with Gasteiger partial charge in [-0.2, -0.15) is 0 Å². The van der Waals surface area contributed by atoms with Crippen molar-refractivity contribution in [2.45, 2.75) is 51.0 Å². The van der Waals surface area contributed by atoms with Crippen LogP contribution in [0.15, 0.2) is 65.8 Å². The molecule has 1 unspecified atom stereocenters. The van der Waals surface area contributed by atoms with E-state index in [2.05, 4.69) is 26.4 Å². The van der Waals surface area contributed by atoms with Gasteiger partial charge in [0.2, 0.25) is 11.8 Å². The number of hydrogen-bond donors (Lipinski definition) is 7. The van der Waals surface area contributed by atoms with Crippen LogP contribution < -0.4 is 32.7 Å². The molecule has 0 heterocycles. The van der Waals surface area contributed by atoms with Crippen LogP contribution in [0.3, 0.4) is 0 Å². The topological polar surface area (TPSA) is 236 Å². The van der Waals surface area contributed by atoms with Crippen molar-refractivity contribution in [2.24, 2.45) is 16.6 Å². The molecule has 2 aromatic carbocycles. The fourth-order valence-corrected chi connectivity index (χ4v) is 3.65. The second kappa shape index (κ2) is 21.2. The van der Waals surface area contributed by atoms with Crippen molar-refractivity contribution in [2.75, 3.05) is 26.7 Å². The Kier molecular flexibility index (Phi) is 17.9. The lowest BCUT2D eigenvalue weighted by atomic mass is 10.0. The average molecular weight is 603 g/mol. The number of hydrogen-bond acceptors (Lipinski definition) is 8. The van der Waals surface area contributed by atoms with Crippen LogP contribution in [-0.4, -0.2) is 78.8 Å². The highest BCUT2D eigenvalue weighted by Crippen LogP contribution is 2.05. The zero-order valence-electron chi connectivity index (χ0n) is 24.4. The quantitative estimate of drug-likeness (QED) is 0.0422. The molecule has 0 aliphatic rings. The summed E-state index contributed by atoms with van der Waals surface area (Å²) in [6.07, 6.45) is -0.634. The molecule has 0 saturated carbocycles. The summed E-state index contributed by atoms with van der Waals surface area (Å²) in [6, 6.07) is 17.6. The van der Waals surface area contributed by atoms with Gasteiger partial charge in [0.05, 0.1) is 19.2 Å². The molecule has 15 heteroatoms. The number of aliphatic hydroxyl groups is 1. The molecule has 236 valence electrons. The van der Waals surface area contributed by atoms with E-state index in [9.17, 15) is 29.6 Å². The zero-order chi connectivity index (χ0) is 32.0. The Morgan fingerprint density at radius 2 is 1.58 bits per heavy atom. The summed E-state index contributed by atoms with van der Waals surface area (Å²) in [7, 11) is 1.70. The van der Waals surface area contributed by atoms with Crippen LogP contribution in [0.2, 0.25) is 0 Å². The first-order chi connectivity index (χ1) is 20.6. The van der Waals surface area contributed by atoms with Crippen LogP contribution in [0.4, 0.5) is 0 Å². The number of guanidine groups is 1. The molecule has 0 aliphatic carbocycles. The molecule has 0 spiro atoms. The molecule has 0 fully saturated rings. The molecule has 0 aliphatic heterocycles. The number of nitrogens with two attached hydrogens (primary N) is 2. The highest BCUT2D eigenvalue weighted by molar-refractivity contribution is 5.89. The Bertz CT molecular complexity index is 1150. The van der Waals surface area contributed by atoms with Crippen molar-refractivity contribution in [3.8, 4) is 0 Å². The third-order valence-electron chi connectivity index (χ3n) is 5.83. The number of amides is 3. The minimum Gasteiger partial charge on any atom is -0.381 e. The fraction of sp³-hybridized carbons (Fsp3) is 0.429. The fourth-order valence-electron chi connectivity index (χ4n) is 3.65. The number of methoxy groups -OCH3 is 1. The van der Waals surface area contributed by atoms with E-state index in [0.717, 1.165) is 5.56 Å². The number of benzene rings is 2. The molecule has 2 rings (SSSR count). The highest BCUT2D eigenvalue weighted by atomic mass is 16.7. The lowest BCUT2D eigenvalue weighted by Gasteiger charge is -2.25. The molecular weight excluding hydrogens is 560 g/mol. The maximum absolute atomic E-state index is 12.5. The number of ether oxygens (including phenoxy) is 1. The first-order valence-electron chi connectivity index (χ1n) is 13.6. The second-order valence-electron chi connectivity index (χ2n) is 9.29. The van der Waals surface area contributed by atoms with Crippen molar-refractivity contribution in [1.29, 1.82) is 0 Å². The Balaban J connectivity index is 0.000000869. The molecule has 0 saturated heterocycles. The Morgan fingerprint density at radius 1 is 0.977 bits per heavy atom. The van der Waals surface area contributed by atoms with E-state index >= 15 is 0 Å². The van der Waals surface area contributed by atoms with Gasteiger partial charge in [-0.3, -0.25) is 14.4 Å². The van der Waals surface area contributed by atoms with Crippen LogP contribution in [0.1, 0.15) is 30.9 Å². The van der Waals surface area contributed by atoms with Gasteiger partial charge in [-0.05, 0) is 37.3 Å². The summed E-state index contributed by atoms with van der Waals surface area (Å²) in [4.78, 5) is 46.7. The first-order valence-corrected chi connectivity index (χ1v) is 13.6. The maximum atomic E-state index is 12.5. The van der Waals surface area contributed by atoms with Gasteiger partial charge >= 0.3 is 0 Å². The van der Waals surface area contributed by atoms with Crippen molar-refractivity contribution in [1.82, 2.24) is 21.3 Å². The number of aliphatic hydroxyl groups excluding tert-OH is 1. The monoisotopic (exact) mass is 602 g/mol. The number of rotatable bonds is 16. The minimum atomic E-state index is -1.58. The van der Waals surface area contributed by atoms with Crippen LogP contribution in [-0.2, 0) is 32.1 Å². The van der Waals surface area contributed by atoms with E-state index in [1.54, 1.807) is 7.11 Å². The first kappa shape index (κ1) is 36.4. The van der Waals surface area contributed by atoms with E-state index in [1.165, 1.54) is 12.5 Å². The Morgan fingerprint density at radius 3 is 2.14 bits per heavy atom. The smallest absolute Gasteiger partial charge is 0.266 e. The molecule has 43 heavy (non-hydrogen) atoms. The van der Waals surface area contributed by atoms with Crippen molar-refractivity contribution in [3.63, 3.8) is 0 Å². The molecular formula is C28H42N8O7. The number of nitrogens with zero attached hydrogens (tertiary/aromatic N) is 2. The van der Waals surface area contributed by atoms with Crippen LogP contribution in [0, 0.1) is 10.1 Å². The molecule has 9 N–H and O–H groups in total. The van der Waals surface area contributed by atoms with Crippen molar-refractivity contribution >= 4 is 23.7 Å². The summed E-state index contributed by atoms with van der Waals surface area (Å²) < 4.78 is 4.93. The lowest BCUT2D eigenvalue weighted by molar-refractivity contribution is -0.485. The molecule has 3 atom stereocenters. The Hall–Kier alpha value is -4.60. The summed E-state index contributed by atoms with van der Waals surface area (Å²) >= 11 is 0. The van der Waals surface area contributed by atoms with Crippen LogP contribution >= 0.6 is 0 Å². The van der Waals surface area contributed by atoms with Gasteiger partial charge in [0.1, 0.15) is 11.1 Å². The number of nitro groups is 1. The predicted octanol–water partition coefficient (Wildman–Crippen LogP) is -0.636. The summed E-state index contributed by atoms with van der Waals surface area (Å²) in [5.41, 5.74) is 12.8. The summed E-state index contributed by atoms with van der Waals surface area (Å²) in [5.74, 6) is -2.24. The average Bonchev–Trinajstić information content (AvgIpc) is 2.99. The number of nitrogens with one attached hydrogen (secondary N) is 4. The van der Waals surface area contributed by atoms with E-state index in [4.69, 9.17) is 16.2 Å². The maximum Gasteiger partial charge on any atom is 0.266 e. The van der Waals surface area contributed by atoms with Crippen LogP contribution in [0.25, 0.3) is 0 Å². The van der Waals surface area contributed by atoms with Gasteiger partial charge in [0, 0.05) is 20.2 Å². The van der Waals surface area contributed by atoms with Gasteiger partial charge in [-0.15, -0.1) is 0 Å². The third-order valence-corrected chi connectivity index (χ3v) is 5.83. The van der Waals surface area contributed by atoms with Crippen molar-refractivity contribution in [3.05, 3.63) is 81.9 Å². The number of carbonyl (C=O) groups is 3. The number of hydrazone groups is 1. The predicted molar refractivity (Wildman–Crippen MR) is 161 cm³/mol. The molecule has 15 nitrogen and oxygen atoms in total. The lowest BCUT2D eigenvalue weighted by Crippen LogP contribution is -2.55. The Labute approximate surface area is 250 Å². The van der Waals surface area contributed by atoms with E-state index < -0.39 is 46.9 Å². The van der Waals surface area contributed by atoms with Gasteiger partial charge < -0.3 is 42.6 Å². The van der Waals surface area contributed by atoms with E-state index in [1.807, 2.05) is 60.7 Å². The second-order valence-corrected chi connectivity index (χ2v) is 9.29. The van der Waals surface area contributed by atoms with Crippen LogP contribution in [0.5, 0.6) is 0 Å². The third kappa shape index (κ3) is 16.4. The minimum absolute atomic E-state index is 0.120. The van der Waals surface area contributed by atoms with Gasteiger partial charge in [-0.1, -0.05) is 60.7 Å². The van der Waals surface area contributed by atoms with E-state index in [-0.39, 0.29) is 32.5 Å². The molecule has 0 bridgehead atoms. The standard InChI is InChI=1S/C20H32N8O6.C8H10O/c1-13(25-16(29)12-21)18(31)26-15(8-5-10-24-20(22)27-28(33)34)17(30)19(32)23-11-9-14-6-3-2-4-7-14;1-9-7-8-5-3-2-4-6-8/h2-4,6-7,13,15,17,30H,5,8-12,21H2,1H3,(H,23,32)(H,25,29)(H,26,31)(H3,22,24,27);2-6H,7H2,1H3/t13-,15-,17?;/m0./s1. The van der Waals surface area contributed by atoms with E-state index in [0.29, 0.717) is 13.0 Å². The highest BCUT2D eigenvalue weighted by Gasteiger charge is 2.29. The number of carbonyl (C=O) groups excluding carboxylic acids is 3. The SMILES string of the molecule is COCc1ccccc1.C[C@H](NC(=O)CN)C(=O)N[C@@H](CCCN/C(N)=N\[N+](=O)[O-])C(O)C(=O)NCCc1ccccc1. The normalized spacial score (nSPS) is 12.9. The summed E-state index contributed by atoms with van der Waals surface area (Å²) in [5, 5.41) is 32.9. The van der Waals surface area contributed by atoms with Gasteiger partial charge in [0.25, 0.3) is 11.9 Å². The molecule has 2 aromatic rings. The zero-order valence-corrected chi connectivity index (χ0v) is 24.4. The largest absolute Gasteiger partial charge is 0.381 e. The summed E-state index contributed by atoms with van der Waals surface area (Å²) in [6.45, 7) is 2.26. The molecule has 0 aromatic heterocycles. The van der Waals surface area contributed by atoms with Crippen molar-refractivity contribution < 1.29 is 29.3 Å². The van der Waals surface area contributed by atoms with Gasteiger partial charge in [0.15, 0.2) is 11.1 Å².